The van der Waals surface area contributed by atoms with E-state index in [2.05, 4.69) is 37.3 Å². The molecule has 5 heterocycles. The van der Waals surface area contributed by atoms with Gasteiger partial charge in [0.1, 0.15) is 18.1 Å². The Morgan fingerprint density at radius 3 is 2.81 bits per heavy atom. The number of amides is 1. The number of rotatable bonds is 8. The highest BCUT2D eigenvalue weighted by Crippen LogP contribution is 2.46. The summed E-state index contributed by atoms with van der Waals surface area (Å²) in [6, 6.07) is 6.37. The molecular formula is C26H30N8O2. The lowest BCUT2D eigenvalue weighted by atomic mass is 10.0. The minimum absolute atomic E-state index is 0.0488. The molecule has 3 atom stereocenters. The SMILES string of the molecule is CCN1CC[C@@H]1COc1cnn(C)c1-c1ccn2nc(NC(=O)[C@H]3C[C@H]3c3ncc(C)cn3)cc2c1. The molecule has 1 aliphatic heterocycles. The van der Waals surface area contributed by atoms with Crippen molar-refractivity contribution in [2.24, 2.45) is 13.0 Å². The zero-order valence-electron chi connectivity index (χ0n) is 20.8. The third-order valence-corrected chi connectivity index (χ3v) is 7.26. The molecule has 36 heavy (non-hydrogen) atoms. The van der Waals surface area contributed by atoms with Crippen LogP contribution in [0.15, 0.2) is 43.0 Å². The van der Waals surface area contributed by atoms with E-state index in [0.29, 0.717) is 18.5 Å². The first-order valence-corrected chi connectivity index (χ1v) is 12.5. The van der Waals surface area contributed by atoms with Crippen molar-refractivity contribution in [3.63, 3.8) is 0 Å². The first-order valence-electron chi connectivity index (χ1n) is 12.5. The van der Waals surface area contributed by atoms with Crippen LogP contribution in [0.25, 0.3) is 16.8 Å². The Bertz CT molecular complexity index is 1410. The maximum Gasteiger partial charge on any atom is 0.229 e. The number of pyridine rings is 1. The van der Waals surface area contributed by atoms with Crippen molar-refractivity contribution in [1.29, 1.82) is 0 Å². The van der Waals surface area contributed by atoms with Gasteiger partial charge in [0.05, 0.1) is 11.7 Å². The molecule has 1 saturated heterocycles. The molecule has 2 aliphatic rings. The summed E-state index contributed by atoms with van der Waals surface area (Å²) in [5.41, 5.74) is 3.79. The third-order valence-electron chi connectivity index (χ3n) is 7.26. The molecule has 0 unspecified atom stereocenters. The van der Waals surface area contributed by atoms with Gasteiger partial charge in [-0.25, -0.2) is 14.5 Å². The summed E-state index contributed by atoms with van der Waals surface area (Å²) in [5.74, 6) is 1.93. The molecule has 1 saturated carbocycles. The minimum atomic E-state index is -0.124. The van der Waals surface area contributed by atoms with E-state index in [1.807, 2.05) is 43.0 Å². The van der Waals surface area contributed by atoms with Crippen LogP contribution in [0, 0.1) is 12.8 Å². The predicted octanol–water partition coefficient (Wildman–Crippen LogP) is 3.05. The van der Waals surface area contributed by atoms with E-state index in [4.69, 9.17) is 4.74 Å². The monoisotopic (exact) mass is 486 g/mol. The van der Waals surface area contributed by atoms with Crippen LogP contribution in [-0.4, -0.2) is 65.9 Å². The highest BCUT2D eigenvalue weighted by molar-refractivity contribution is 5.95. The molecule has 1 N–H and O–H groups in total. The van der Waals surface area contributed by atoms with E-state index in [9.17, 15) is 4.79 Å². The Hall–Kier alpha value is -3.79. The van der Waals surface area contributed by atoms with Crippen molar-refractivity contribution in [1.82, 2.24) is 34.3 Å². The largest absolute Gasteiger partial charge is 0.488 e. The zero-order chi connectivity index (χ0) is 24.8. The van der Waals surface area contributed by atoms with Crippen LogP contribution in [0.4, 0.5) is 5.82 Å². The highest BCUT2D eigenvalue weighted by atomic mass is 16.5. The number of carbonyl (C=O) groups is 1. The second kappa shape index (κ2) is 9.02. The van der Waals surface area contributed by atoms with Crippen LogP contribution >= 0.6 is 0 Å². The van der Waals surface area contributed by atoms with E-state index in [-0.39, 0.29) is 17.7 Å². The number of aromatic nitrogens is 6. The van der Waals surface area contributed by atoms with Crippen LogP contribution in [0.2, 0.25) is 0 Å². The van der Waals surface area contributed by atoms with Gasteiger partial charge in [0, 0.05) is 61.7 Å². The van der Waals surface area contributed by atoms with Crippen molar-refractivity contribution in [2.45, 2.75) is 38.6 Å². The number of ether oxygens (including phenoxy) is 1. The molecule has 186 valence electrons. The first kappa shape index (κ1) is 22.7. The van der Waals surface area contributed by atoms with Gasteiger partial charge in [-0.1, -0.05) is 6.92 Å². The van der Waals surface area contributed by atoms with E-state index in [0.717, 1.165) is 53.4 Å². The molecule has 10 nitrogen and oxygen atoms in total. The van der Waals surface area contributed by atoms with Crippen molar-refractivity contribution < 1.29 is 9.53 Å². The Morgan fingerprint density at radius 2 is 2.06 bits per heavy atom. The van der Waals surface area contributed by atoms with Crippen LogP contribution in [-0.2, 0) is 11.8 Å². The fraction of sp³-hybridized carbons (Fsp3) is 0.423. The summed E-state index contributed by atoms with van der Waals surface area (Å²) in [7, 11) is 1.92. The molecule has 0 radical (unpaired) electrons. The number of fused-ring (bicyclic) bond motifs is 1. The summed E-state index contributed by atoms with van der Waals surface area (Å²) in [6.45, 7) is 6.98. The smallest absolute Gasteiger partial charge is 0.229 e. The molecule has 4 aromatic heterocycles. The summed E-state index contributed by atoms with van der Waals surface area (Å²) >= 11 is 0. The van der Waals surface area contributed by atoms with Crippen molar-refractivity contribution in [3.8, 4) is 17.0 Å². The fourth-order valence-corrected chi connectivity index (χ4v) is 4.92. The summed E-state index contributed by atoms with van der Waals surface area (Å²) in [4.78, 5) is 24.0. The second-order valence-electron chi connectivity index (χ2n) is 9.73. The Morgan fingerprint density at radius 1 is 1.22 bits per heavy atom. The maximum atomic E-state index is 12.8. The predicted molar refractivity (Wildman–Crippen MR) is 135 cm³/mol. The van der Waals surface area contributed by atoms with E-state index < -0.39 is 0 Å². The summed E-state index contributed by atoms with van der Waals surface area (Å²) < 4.78 is 9.78. The molecule has 10 heteroatoms. The van der Waals surface area contributed by atoms with Crippen LogP contribution < -0.4 is 10.1 Å². The van der Waals surface area contributed by atoms with Crippen LogP contribution in [0.5, 0.6) is 5.75 Å². The van der Waals surface area contributed by atoms with Crippen LogP contribution in [0.1, 0.15) is 37.1 Å². The van der Waals surface area contributed by atoms with Gasteiger partial charge in [0.2, 0.25) is 5.91 Å². The number of anilines is 1. The van der Waals surface area contributed by atoms with Gasteiger partial charge in [-0.3, -0.25) is 14.4 Å². The average molecular weight is 487 g/mol. The molecular weight excluding hydrogens is 456 g/mol. The van der Waals surface area contributed by atoms with Crippen molar-refractivity contribution in [2.75, 3.05) is 25.0 Å². The highest BCUT2D eigenvalue weighted by Gasteiger charge is 2.46. The molecule has 0 aromatic carbocycles. The number of hydrogen-bond donors (Lipinski definition) is 1. The van der Waals surface area contributed by atoms with E-state index in [1.54, 1.807) is 23.1 Å². The fourth-order valence-electron chi connectivity index (χ4n) is 4.92. The van der Waals surface area contributed by atoms with Gasteiger partial charge >= 0.3 is 0 Å². The minimum Gasteiger partial charge on any atom is -0.488 e. The third kappa shape index (κ3) is 4.21. The number of aryl methyl sites for hydroxylation is 2. The van der Waals surface area contributed by atoms with Gasteiger partial charge < -0.3 is 10.1 Å². The van der Waals surface area contributed by atoms with Gasteiger partial charge in [-0.15, -0.1) is 0 Å². The quantitative estimate of drug-likeness (QED) is 0.408. The number of carbonyl (C=O) groups excluding carboxylic acids is 1. The molecule has 6 rings (SSSR count). The lowest BCUT2D eigenvalue weighted by Crippen LogP contribution is -2.50. The van der Waals surface area contributed by atoms with Gasteiger partial charge in [-0.05, 0) is 44.0 Å². The molecule has 2 fully saturated rings. The zero-order valence-corrected chi connectivity index (χ0v) is 20.8. The van der Waals surface area contributed by atoms with Crippen molar-refractivity contribution in [3.05, 3.63) is 54.4 Å². The number of hydrogen-bond acceptors (Lipinski definition) is 7. The van der Waals surface area contributed by atoms with Crippen LogP contribution in [0.3, 0.4) is 0 Å². The lowest BCUT2D eigenvalue weighted by Gasteiger charge is -2.39. The molecule has 0 spiro atoms. The summed E-state index contributed by atoms with van der Waals surface area (Å²) in [6.07, 6.45) is 9.18. The van der Waals surface area contributed by atoms with Gasteiger partial charge in [0.15, 0.2) is 11.6 Å². The van der Waals surface area contributed by atoms with E-state index in [1.165, 1.54) is 6.42 Å². The number of likely N-dealkylation sites (tertiary alicyclic amines) is 1. The standard InChI is InChI=1S/C26H30N8O2/c1-4-33-7-6-18(33)15-36-22-14-29-32(3)24(22)17-5-8-34-19(9-17)10-23(31-34)30-26(35)21-11-20(21)25-27-12-16(2)13-28-25/h5,8-10,12-14,18,20-21H,4,6-7,11,15H2,1-3H3,(H,30,31,35)/t18-,20-,21+/m1/s1. The normalized spacial score (nSPS) is 21.4. The van der Waals surface area contributed by atoms with E-state index >= 15 is 0 Å². The number of nitrogens with one attached hydrogen (secondary N) is 1. The molecule has 0 bridgehead atoms. The Kier molecular flexibility index (Phi) is 5.67. The maximum absolute atomic E-state index is 12.8. The molecule has 1 amide bonds. The second-order valence-corrected chi connectivity index (χ2v) is 9.73. The Balaban J connectivity index is 1.15. The molecule has 4 aromatic rings. The molecule has 1 aliphatic carbocycles. The number of likely N-dealkylation sites (N-methyl/N-ethyl adjacent to an activating group) is 1. The average Bonchev–Trinajstić information content (AvgIpc) is 3.43. The Labute approximate surface area is 209 Å². The lowest BCUT2D eigenvalue weighted by molar-refractivity contribution is -0.117. The van der Waals surface area contributed by atoms with Gasteiger partial charge in [-0.2, -0.15) is 10.2 Å². The van der Waals surface area contributed by atoms with Crippen molar-refractivity contribution >= 4 is 17.2 Å². The first-order chi connectivity index (χ1) is 17.5. The summed E-state index contributed by atoms with van der Waals surface area (Å²) in [5, 5.41) is 11.9. The van der Waals surface area contributed by atoms with Gasteiger partial charge in [0.25, 0.3) is 0 Å². The number of nitrogens with zero attached hydrogens (tertiary/aromatic N) is 7. The topological polar surface area (TPSA) is 102 Å².